The van der Waals surface area contributed by atoms with Gasteiger partial charge in [-0.05, 0) is 18.2 Å². The van der Waals surface area contributed by atoms with Crippen LogP contribution in [0.25, 0.3) is 0 Å². The lowest BCUT2D eigenvalue weighted by Gasteiger charge is -2.32. The van der Waals surface area contributed by atoms with Gasteiger partial charge in [0.25, 0.3) is 0 Å². The normalized spacial score (nSPS) is 17.5. The number of urea groups is 1. The quantitative estimate of drug-likeness (QED) is 0.915. The van der Waals surface area contributed by atoms with E-state index in [4.69, 9.17) is 10.00 Å². The van der Waals surface area contributed by atoms with Crippen molar-refractivity contribution in [1.82, 2.24) is 19.9 Å². The van der Waals surface area contributed by atoms with Crippen molar-refractivity contribution in [2.24, 2.45) is 0 Å². The number of rotatable bonds is 3. The number of nitrogens with zero attached hydrogens (tertiary/aromatic N) is 5. The average molecular weight is 312 g/mol. The summed E-state index contributed by atoms with van der Waals surface area (Å²) in [6.45, 7) is 2.03. The van der Waals surface area contributed by atoms with Crippen molar-refractivity contribution in [3.05, 3.63) is 42.2 Å². The molecule has 1 atom stereocenters. The fraction of sp³-hybridized carbons (Fsp3) is 0.333. The first-order valence-electron chi connectivity index (χ1n) is 7.26. The van der Waals surface area contributed by atoms with Crippen molar-refractivity contribution in [3.63, 3.8) is 0 Å². The maximum absolute atomic E-state index is 12.4. The fourth-order valence-corrected chi connectivity index (χ4v) is 2.42. The van der Waals surface area contributed by atoms with Gasteiger partial charge in [0.15, 0.2) is 0 Å². The number of hydrogen-bond donors (Lipinski definition) is 1. The minimum Gasteiger partial charge on any atom is -0.373 e. The van der Waals surface area contributed by atoms with Gasteiger partial charge in [-0.2, -0.15) is 5.26 Å². The van der Waals surface area contributed by atoms with Crippen LogP contribution in [0.4, 0.5) is 10.5 Å². The third-order valence-corrected chi connectivity index (χ3v) is 3.53. The molecule has 8 nitrogen and oxygen atoms in total. The number of hydrogen-bond acceptors (Lipinski definition) is 5. The first-order valence-corrected chi connectivity index (χ1v) is 7.26. The number of amides is 2. The molecule has 0 radical (unpaired) electrons. The zero-order chi connectivity index (χ0) is 16.1. The number of anilines is 1. The van der Waals surface area contributed by atoms with E-state index in [0.29, 0.717) is 37.5 Å². The molecule has 2 aromatic rings. The molecule has 1 unspecified atom stereocenters. The second-order valence-electron chi connectivity index (χ2n) is 5.19. The van der Waals surface area contributed by atoms with E-state index in [9.17, 15) is 4.79 Å². The van der Waals surface area contributed by atoms with Crippen LogP contribution in [0.2, 0.25) is 0 Å². The molecule has 8 heteroatoms. The van der Waals surface area contributed by atoms with Gasteiger partial charge in [-0.3, -0.25) is 0 Å². The zero-order valence-corrected chi connectivity index (χ0v) is 12.4. The fourth-order valence-electron chi connectivity index (χ4n) is 2.42. The molecule has 23 heavy (non-hydrogen) atoms. The van der Waals surface area contributed by atoms with Crippen LogP contribution in [0, 0.1) is 11.3 Å². The Hall–Kier alpha value is -2.92. The van der Waals surface area contributed by atoms with E-state index in [-0.39, 0.29) is 12.1 Å². The number of benzene rings is 1. The van der Waals surface area contributed by atoms with Crippen LogP contribution in [-0.2, 0) is 11.3 Å². The molecule has 0 aliphatic carbocycles. The smallest absolute Gasteiger partial charge is 0.322 e. The SMILES string of the molecule is N#Cc1cccc(NC(=O)N2CCOC(Cn3ccnn3)C2)c1. The molecule has 1 saturated heterocycles. The lowest BCUT2D eigenvalue weighted by atomic mass is 10.2. The van der Waals surface area contributed by atoms with Gasteiger partial charge in [-0.15, -0.1) is 5.10 Å². The van der Waals surface area contributed by atoms with Crippen LogP contribution < -0.4 is 5.32 Å². The topological polar surface area (TPSA) is 96.1 Å². The van der Waals surface area contributed by atoms with Crippen LogP contribution in [0.3, 0.4) is 0 Å². The number of nitrogens with one attached hydrogen (secondary N) is 1. The third kappa shape index (κ3) is 3.84. The summed E-state index contributed by atoms with van der Waals surface area (Å²) in [6, 6.07) is 8.68. The summed E-state index contributed by atoms with van der Waals surface area (Å²) in [5.41, 5.74) is 1.11. The van der Waals surface area contributed by atoms with Gasteiger partial charge in [0.1, 0.15) is 0 Å². The number of carbonyl (C=O) groups is 1. The van der Waals surface area contributed by atoms with Gasteiger partial charge < -0.3 is 15.0 Å². The summed E-state index contributed by atoms with van der Waals surface area (Å²) in [6.07, 6.45) is 3.24. The Labute approximate surface area is 133 Å². The Balaban J connectivity index is 1.59. The first-order chi connectivity index (χ1) is 11.2. The molecule has 0 saturated carbocycles. The van der Waals surface area contributed by atoms with Crippen molar-refractivity contribution >= 4 is 11.7 Å². The highest BCUT2D eigenvalue weighted by Crippen LogP contribution is 2.13. The summed E-state index contributed by atoms with van der Waals surface area (Å²) in [5, 5.41) is 19.4. The number of nitriles is 1. The largest absolute Gasteiger partial charge is 0.373 e. The third-order valence-electron chi connectivity index (χ3n) is 3.53. The Bertz CT molecular complexity index is 709. The van der Waals surface area contributed by atoms with Crippen molar-refractivity contribution in [2.75, 3.05) is 25.0 Å². The van der Waals surface area contributed by atoms with Crippen LogP contribution in [0.5, 0.6) is 0 Å². The highest BCUT2D eigenvalue weighted by atomic mass is 16.5. The van der Waals surface area contributed by atoms with E-state index in [2.05, 4.69) is 21.7 Å². The zero-order valence-electron chi connectivity index (χ0n) is 12.4. The summed E-state index contributed by atoms with van der Waals surface area (Å²) >= 11 is 0. The minimum atomic E-state index is -0.202. The second kappa shape index (κ2) is 6.89. The predicted octanol–water partition coefficient (Wildman–Crippen LogP) is 1.08. The molecule has 0 bridgehead atoms. The number of carbonyl (C=O) groups excluding carboxylic acids is 1. The highest BCUT2D eigenvalue weighted by molar-refractivity contribution is 5.89. The Morgan fingerprint density at radius 3 is 3.22 bits per heavy atom. The van der Waals surface area contributed by atoms with E-state index >= 15 is 0 Å². The summed E-state index contributed by atoms with van der Waals surface area (Å²) in [5.74, 6) is 0. The molecule has 1 fully saturated rings. The van der Waals surface area contributed by atoms with Crippen LogP contribution >= 0.6 is 0 Å². The number of morpholine rings is 1. The van der Waals surface area contributed by atoms with Gasteiger partial charge in [-0.25, -0.2) is 9.48 Å². The maximum Gasteiger partial charge on any atom is 0.322 e. The number of ether oxygens (including phenoxy) is 1. The van der Waals surface area contributed by atoms with Crippen LogP contribution in [0.15, 0.2) is 36.7 Å². The maximum atomic E-state index is 12.4. The van der Waals surface area contributed by atoms with Gasteiger partial charge in [0, 0.05) is 18.4 Å². The lowest BCUT2D eigenvalue weighted by Crippen LogP contribution is -2.48. The van der Waals surface area contributed by atoms with Gasteiger partial charge in [0.2, 0.25) is 0 Å². The van der Waals surface area contributed by atoms with E-state index in [1.807, 2.05) is 0 Å². The van der Waals surface area contributed by atoms with Crippen LogP contribution in [-0.4, -0.2) is 51.7 Å². The van der Waals surface area contributed by atoms with E-state index in [1.54, 1.807) is 46.2 Å². The van der Waals surface area contributed by atoms with Crippen LogP contribution in [0.1, 0.15) is 5.56 Å². The first kappa shape index (κ1) is 15.0. The standard InChI is InChI=1S/C15H16N6O2/c16-9-12-2-1-3-13(8-12)18-15(22)20-6-7-23-14(10-20)11-21-5-4-17-19-21/h1-5,8,14H,6-7,10-11H2,(H,18,22). The van der Waals surface area contributed by atoms with Crippen molar-refractivity contribution in [1.29, 1.82) is 5.26 Å². The highest BCUT2D eigenvalue weighted by Gasteiger charge is 2.24. The predicted molar refractivity (Wildman–Crippen MR) is 81.5 cm³/mol. The number of aromatic nitrogens is 3. The van der Waals surface area contributed by atoms with Gasteiger partial charge in [-0.1, -0.05) is 11.3 Å². The molecular formula is C15H16N6O2. The molecule has 2 heterocycles. The van der Waals surface area contributed by atoms with Crippen molar-refractivity contribution in [3.8, 4) is 6.07 Å². The molecule has 1 aliphatic rings. The van der Waals surface area contributed by atoms with E-state index in [0.717, 1.165) is 0 Å². The molecule has 1 aliphatic heterocycles. The second-order valence-corrected chi connectivity index (χ2v) is 5.19. The van der Waals surface area contributed by atoms with E-state index in [1.165, 1.54) is 0 Å². The molecule has 118 valence electrons. The van der Waals surface area contributed by atoms with Gasteiger partial charge in [0.05, 0.1) is 43.6 Å². The van der Waals surface area contributed by atoms with E-state index < -0.39 is 0 Å². The minimum absolute atomic E-state index is 0.123. The van der Waals surface area contributed by atoms with Crippen molar-refractivity contribution < 1.29 is 9.53 Å². The molecular weight excluding hydrogens is 296 g/mol. The lowest BCUT2D eigenvalue weighted by molar-refractivity contribution is -0.0222. The molecule has 3 rings (SSSR count). The molecule has 2 amide bonds. The average Bonchev–Trinajstić information content (AvgIpc) is 3.08. The van der Waals surface area contributed by atoms with Crippen molar-refractivity contribution in [2.45, 2.75) is 12.6 Å². The molecule has 1 aromatic heterocycles. The molecule has 1 aromatic carbocycles. The van der Waals surface area contributed by atoms with Gasteiger partial charge >= 0.3 is 6.03 Å². The monoisotopic (exact) mass is 312 g/mol. The summed E-state index contributed by atoms with van der Waals surface area (Å²) in [7, 11) is 0. The summed E-state index contributed by atoms with van der Waals surface area (Å²) < 4.78 is 7.35. The summed E-state index contributed by atoms with van der Waals surface area (Å²) in [4.78, 5) is 14.1. The Morgan fingerprint density at radius 1 is 1.52 bits per heavy atom. The molecule has 0 spiro atoms. The Morgan fingerprint density at radius 2 is 2.43 bits per heavy atom. The molecule has 1 N–H and O–H groups in total. The Kier molecular flexibility index (Phi) is 4.49.